The van der Waals surface area contributed by atoms with Gasteiger partial charge in [0.2, 0.25) is 0 Å². The molecule has 1 aliphatic rings. The number of thiophene rings is 2. The van der Waals surface area contributed by atoms with E-state index in [1.54, 1.807) is 22.7 Å². The molecule has 0 fully saturated rings. The molecule has 0 spiro atoms. The summed E-state index contributed by atoms with van der Waals surface area (Å²) in [6.07, 6.45) is 1.78. The lowest BCUT2D eigenvalue weighted by Gasteiger charge is -2.16. The normalized spacial score (nSPS) is 20.0. The lowest BCUT2D eigenvalue weighted by atomic mass is 10.1. The molecule has 0 saturated heterocycles. The molecule has 2 aromatic rings. The number of fused-ring (bicyclic) bond motifs is 1. The van der Waals surface area contributed by atoms with Crippen molar-refractivity contribution in [3.8, 4) is 0 Å². The Bertz CT molecular complexity index is 523. The van der Waals surface area contributed by atoms with E-state index in [-0.39, 0.29) is 0 Å². The molecule has 1 aliphatic carbocycles. The van der Waals surface area contributed by atoms with Gasteiger partial charge in [-0.15, -0.1) is 11.3 Å². The van der Waals surface area contributed by atoms with Crippen LogP contribution in [0.15, 0.2) is 22.9 Å². The van der Waals surface area contributed by atoms with E-state index in [1.807, 2.05) is 16.8 Å². The average Bonchev–Trinajstić information content (AvgIpc) is 3.02. The van der Waals surface area contributed by atoms with Crippen LogP contribution in [0, 0.1) is 0 Å². The fourth-order valence-corrected chi connectivity index (χ4v) is 4.44. The molecule has 2 nitrogen and oxygen atoms in total. The van der Waals surface area contributed by atoms with E-state index < -0.39 is 6.10 Å². The Labute approximate surface area is 119 Å². The summed E-state index contributed by atoms with van der Waals surface area (Å²) < 4.78 is 0.866. The largest absolute Gasteiger partial charge is 0.387 e. The van der Waals surface area contributed by atoms with Crippen LogP contribution >= 0.6 is 34.3 Å². The molecule has 5 heteroatoms. The Morgan fingerprint density at radius 3 is 3.22 bits per heavy atom. The molecule has 3 rings (SSSR count). The molecule has 0 saturated carbocycles. The van der Waals surface area contributed by atoms with Crippen LogP contribution in [0.2, 0.25) is 4.34 Å². The van der Waals surface area contributed by atoms with Gasteiger partial charge in [0.05, 0.1) is 10.4 Å². The first-order chi connectivity index (χ1) is 8.74. The van der Waals surface area contributed by atoms with Crippen LogP contribution in [0.25, 0.3) is 0 Å². The minimum absolute atomic E-state index is 0.344. The number of aliphatic hydroxyl groups is 1. The van der Waals surface area contributed by atoms with Crippen molar-refractivity contribution in [2.75, 3.05) is 6.54 Å². The van der Waals surface area contributed by atoms with E-state index in [2.05, 4.69) is 11.4 Å². The van der Waals surface area contributed by atoms with E-state index in [9.17, 15) is 5.11 Å². The third-order valence-corrected chi connectivity index (χ3v) is 5.37. The second kappa shape index (κ2) is 5.31. The number of halogens is 1. The van der Waals surface area contributed by atoms with Crippen molar-refractivity contribution in [1.82, 2.24) is 5.32 Å². The van der Waals surface area contributed by atoms with Crippen molar-refractivity contribution in [2.45, 2.75) is 25.0 Å². The number of aliphatic hydroxyl groups excluding tert-OH is 1. The van der Waals surface area contributed by atoms with Crippen LogP contribution < -0.4 is 5.32 Å². The first kappa shape index (κ1) is 12.6. The van der Waals surface area contributed by atoms with Gasteiger partial charge < -0.3 is 10.4 Å². The van der Waals surface area contributed by atoms with E-state index in [1.165, 1.54) is 10.4 Å². The Hall–Kier alpha value is -0.390. The van der Waals surface area contributed by atoms with Crippen LogP contribution in [0.1, 0.15) is 34.6 Å². The van der Waals surface area contributed by atoms with E-state index in [0.29, 0.717) is 12.6 Å². The van der Waals surface area contributed by atoms with Gasteiger partial charge in [-0.1, -0.05) is 11.6 Å². The predicted molar refractivity (Wildman–Crippen MR) is 77.7 cm³/mol. The van der Waals surface area contributed by atoms with Gasteiger partial charge in [-0.2, -0.15) is 11.3 Å². The summed E-state index contributed by atoms with van der Waals surface area (Å²) in [4.78, 5) is 1.39. The summed E-state index contributed by atoms with van der Waals surface area (Å²) in [5.74, 6) is 0. The maximum Gasteiger partial charge on any atom is 0.0934 e. The van der Waals surface area contributed by atoms with Crippen molar-refractivity contribution in [2.24, 2.45) is 0 Å². The van der Waals surface area contributed by atoms with Crippen LogP contribution in [0.4, 0.5) is 0 Å². The summed E-state index contributed by atoms with van der Waals surface area (Å²) in [7, 11) is 0. The first-order valence-corrected chi connectivity index (χ1v) is 8.09. The first-order valence-electron chi connectivity index (χ1n) is 5.95. The van der Waals surface area contributed by atoms with E-state index >= 15 is 0 Å². The van der Waals surface area contributed by atoms with E-state index in [4.69, 9.17) is 11.6 Å². The smallest absolute Gasteiger partial charge is 0.0934 e. The SMILES string of the molecule is OC(CNC1CCc2sc(Cl)cc21)c1ccsc1. The van der Waals surface area contributed by atoms with Crippen LogP contribution in [-0.4, -0.2) is 11.7 Å². The standard InChI is InChI=1S/C13H14ClNOS2/c14-13-5-9-10(1-2-12(9)18-13)15-6-11(16)8-3-4-17-7-8/h3-5,7,10-11,15-16H,1-2,6H2. The highest BCUT2D eigenvalue weighted by atomic mass is 35.5. The summed E-state index contributed by atoms with van der Waals surface area (Å²) in [5, 5.41) is 17.5. The molecule has 2 atom stereocenters. The maximum atomic E-state index is 10.0. The molecule has 2 aromatic heterocycles. The highest BCUT2D eigenvalue weighted by Gasteiger charge is 2.25. The van der Waals surface area contributed by atoms with Gasteiger partial charge in [0.15, 0.2) is 0 Å². The lowest BCUT2D eigenvalue weighted by molar-refractivity contribution is 0.170. The zero-order chi connectivity index (χ0) is 12.5. The van der Waals surface area contributed by atoms with Gasteiger partial charge in [0.25, 0.3) is 0 Å². The molecule has 0 radical (unpaired) electrons. The molecule has 96 valence electrons. The second-order valence-corrected chi connectivity index (χ2v) is 7.05. The Morgan fingerprint density at radius 1 is 1.56 bits per heavy atom. The third kappa shape index (κ3) is 2.49. The molecule has 0 amide bonds. The molecule has 0 aliphatic heterocycles. The molecule has 2 unspecified atom stereocenters. The fourth-order valence-electron chi connectivity index (χ4n) is 2.38. The van der Waals surface area contributed by atoms with Crippen molar-refractivity contribution in [1.29, 1.82) is 0 Å². The highest BCUT2D eigenvalue weighted by Crippen LogP contribution is 2.39. The van der Waals surface area contributed by atoms with E-state index in [0.717, 1.165) is 22.7 Å². The number of hydrogen-bond donors (Lipinski definition) is 2. The molecule has 2 heterocycles. The van der Waals surface area contributed by atoms with Gasteiger partial charge in [-0.3, -0.25) is 0 Å². The zero-order valence-electron chi connectivity index (χ0n) is 9.73. The second-order valence-electron chi connectivity index (χ2n) is 4.50. The van der Waals surface area contributed by atoms with Crippen molar-refractivity contribution in [3.05, 3.63) is 43.2 Å². The molecular weight excluding hydrogens is 286 g/mol. The fraction of sp³-hybridized carbons (Fsp3) is 0.385. The Balaban J connectivity index is 1.61. The minimum atomic E-state index is -0.422. The van der Waals surface area contributed by atoms with Gasteiger partial charge in [-0.05, 0) is 46.9 Å². The molecule has 18 heavy (non-hydrogen) atoms. The average molecular weight is 300 g/mol. The van der Waals surface area contributed by atoms with Crippen LogP contribution in [-0.2, 0) is 6.42 Å². The van der Waals surface area contributed by atoms with Gasteiger partial charge in [-0.25, -0.2) is 0 Å². The third-order valence-electron chi connectivity index (χ3n) is 3.33. The molecule has 0 aromatic carbocycles. The summed E-state index contributed by atoms with van der Waals surface area (Å²) in [6, 6.07) is 4.37. The number of hydrogen-bond acceptors (Lipinski definition) is 4. The number of aryl methyl sites for hydroxylation is 1. The minimum Gasteiger partial charge on any atom is -0.387 e. The quantitative estimate of drug-likeness (QED) is 0.900. The topological polar surface area (TPSA) is 32.3 Å². The zero-order valence-corrected chi connectivity index (χ0v) is 12.1. The highest BCUT2D eigenvalue weighted by molar-refractivity contribution is 7.16. The lowest BCUT2D eigenvalue weighted by Crippen LogP contribution is -2.24. The summed E-state index contributed by atoms with van der Waals surface area (Å²) in [5.41, 5.74) is 2.32. The van der Waals surface area contributed by atoms with Gasteiger partial charge in [0, 0.05) is 17.5 Å². The Kier molecular flexibility index (Phi) is 3.73. The molecular formula is C13H14ClNOS2. The van der Waals surface area contributed by atoms with Gasteiger partial charge in [0.1, 0.15) is 0 Å². The van der Waals surface area contributed by atoms with Gasteiger partial charge >= 0.3 is 0 Å². The predicted octanol–water partition coefficient (Wildman–Crippen LogP) is 3.77. The number of rotatable bonds is 4. The molecule has 2 N–H and O–H groups in total. The van der Waals surface area contributed by atoms with Crippen LogP contribution in [0.5, 0.6) is 0 Å². The summed E-state index contributed by atoms with van der Waals surface area (Å²) >= 11 is 9.32. The summed E-state index contributed by atoms with van der Waals surface area (Å²) in [6.45, 7) is 0.592. The Morgan fingerprint density at radius 2 is 2.44 bits per heavy atom. The van der Waals surface area contributed by atoms with Crippen LogP contribution in [0.3, 0.4) is 0 Å². The van der Waals surface area contributed by atoms with Crippen molar-refractivity contribution >= 4 is 34.3 Å². The van der Waals surface area contributed by atoms with Crippen molar-refractivity contribution in [3.63, 3.8) is 0 Å². The molecule has 0 bridgehead atoms. The number of nitrogens with one attached hydrogen (secondary N) is 1. The maximum absolute atomic E-state index is 10.0. The monoisotopic (exact) mass is 299 g/mol. The van der Waals surface area contributed by atoms with Crippen molar-refractivity contribution < 1.29 is 5.11 Å².